The molecule has 2 amide bonds. The third-order valence-electron chi connectivity index (χ3n) is 5.88. The minimum Gasteiger partial charge on any atom is -0.455 e. The van der Waals surface area contributed by atoms with Gasteiger partial charge in [-0.3, -0.25) is 9.59 Å². The lowest BCUT2D eigenvalue weighted by molar-refractivity contribution is -0.154. The summed E-state index contributed by atoms with van der Waals surface area (Å²) in [5, 5.41) is 3.02. The predicted molar refractivity (Wildman–Crippen MR) is 106 cm³/mol. The molecule has 28 heavy (non-hydrogen) atoms. The van der Waals surface area contributed by atoms with Crippen LogP contribution in [0.4, 0.5) is 4.79 Å². The molecule has 7 heteroatoms. The Morgan fingerprint density at radius 3 is 2.29 bits per heavy atom. The van der Waals surface area contributed by atoms with Gasteiger partial charge in [0.05, 0.1) is 5.92 Å². The topological polar surface area (TPSA) is 84.9 Å². The molecule has 1 aliphatic heterocycles. The average Bonchev–Trinajstić information content (AvgIpc) is 2.62. The van der Waals surface area contributed by atoms with E-state index in [0.29, 0.717) is 37.8 Å². The molecule has 1 saturated carbocycles. The Labute approximate surface area is 168 Å². The third kappa shape index (κ3) is 6.67. The van der Waals surface area contributed by atoms with E-state index >= 15 is 0 Å². The van der Waals surface area contributed by atoms with Crippen LogP contribution in [0.1, 0.15) is 66.7 Å². The van der Waals surface area contributed by atoms with Gasteiger partial charge >= 0.3 is 12.1 Å². The van der Waals surface area contributed by atoms with Gasteiger partial charge in [0.25, 0.3) is 5.91 Å². The van der Waals surface area contributed by atoms with E-state index in [4.69, 9.17) is 9.47 Å². The highest BCUT2D eigenvalue weighted by atomic mass is 16.6. The van der Waals surface area contributed by atoms with Crippen molar-refractivity contribution >= 4 is 18.0 Å². The molecule has 2 aliphatic rings. The molecule has 0 unspecified atom stereocenters. The lowest BCUT2D eigenvalue weighted by atomic mass is 9.78. The highest BCUT2D eigenvalue weighted by molar-refractivity contribution is 5.81. The van der Waals surface area contributed by atoms with Crippen molar-refractivity contribution in [3.63, 3.8) is 0 Å². The van der Waals surface area contributed by atoms with E-state index in [-0.39, 0.29) is 36.5 Å². The Bertz CT molecular complexity index is 564. The zero-order valence-corrected chi connectivity index (χ0v) is 18.0. The zero-order valence-electron chi connectivity index (χ0n) is 18.0. The van der Waals surface area contributed by atoms with Gasteiger partial charge in [0.15, 0.2) is 6.61 Å². The number of amides is 2. The normalized spacial score (nSPS) is 26.5. The van der Waals surface area contributed by atoms with E-state index < -0.39 is 5.60 Å². The van der Waals surface area contributed by atoms with Crippen LogP contribution in [0.2, 0.25) is 0 Å². The summed E-state index contributed by atoms with van der Waals surface area (Å²) in [6.45, 7) is 10.5. The van der Waals surface area contributed by atoms with Crippen LogP contribution in [0.5, 0.6) is 0 Å². The number of nitrogens with one attached hydrogen (secondary N) is 1. The number of nitrogens with zero attached hydrogens (tertiary/aromatic N) is 1. The van der Waals surface area contributed by atoms with Gasteiger partial charge in [-0.25, -0.2) is 4.79 Å². The molecule has 2 rings (SSSR count). The van der Waals surface area contributed by atoms with E-state index in [1.54, 1.807) is 4.90 Å². The number of piperidine rings is 1. The van der Waals surface area contributed by atoms with Gasteiger partial charge in [-0.05, 0) is 51.9 Å². The molecule has 0 bridgehead atoms. The summed E-state index contributed by atoms with van der Waals surface area (Å²) in [5.74, 6) is 0.164. The molecule has 0 aromatic heterocycles. The van der Waals surface area contributed by atoms with Crippen LogP contribution in [0.3, 0.4) is 0 Å². The largest absolute Gasteiger partial charge is 0.455 e. The number of hydrogen-bond donors (Lipinski definition) is 1. The monoisotopic (exact) mass is 396 g/mol. The second-order valence-corrected chi connectivity index (χ2v) is 9.29. The van der Waals surface area contributed by atoms with Crippen LogP contribution in [0.25, 0.3) is 0 Å². The number of hydrogen-bond acceptors (Lipinski definition) is 5. The molecular weight excluding hydrogens is 360 g/mol. The first-order valence-corrected chi connectivity index (χ1v) is 10.5. The maximum absolute atomic E-state index is 12.3. The summed E-state index contributed by atoms with van der Waals surface area (Å²) in [6.07, 6.45) is 3.99. The molecule has 0 radical (unpaired) electrons. The van der Waals surface area contributed by atoms with Crippen molar-refractivity contribution in [2.24, 2.45) is 17.8 Å². The van der Waals surface area contributed by atoms with Gasteiger partial charge in [-0.1, -0.05) is 26.7 Å². The highest BCUT2D eigenvalue weighted by Crippen LogP contribution is 2.29. The smallest absolute Gasteiger partial charge is 0.410 e. The van der Waals surface area contributed by atoms with E-state index in [0.717, 1.165) is 12.8 Å². The first-order chi connectivity index (χ1) is 13.1. The SMILES string of the molecule is C[C@@H]1[C@H](C)CCC[C@@H]1NC(=O)COC(=O)C1CCN(C(=O)OC(C)(C)C)CC1. The number of likely N-dealkylation sites (tertiary alicyclic amines) is 1. The van der Waals surface area contributed by atoms with Crippen LogP contribution in [-0.2, 0) is 19.1 Å². The Balaban J connectivity index is 1.70. The van der Waals surface area contributed by atoms with Crippen molar-refractivity contribution in [2.75, 3.05) is 19.7 Å². The summed E-state index contributed by atoms with van der Waals surface area (Å²) < 4.78 is 10.6. The van der Waals surface area contributed by atoms with Crippen molar-refractivity contribution in [1.82, 2.24) is 10.2 Å². The molecule has 1 aliphatic carbocycles. The summed E-state index contributed by atoms with van der Waals surface area (Å²) in [4.78, 5) is 38.1. The second kappa shape index (κ2) is 9.61. The molecule has 1 saturated heterocycles. The first kappa shape index (κ1) is 22.5. The fraction of sp³-hybridized carbons (Fsp3) is 0.857. The van der Waals surface area contributed by atoms with E-state index in [2.05, 4.69) is 19.2 Å². The van der Waals surface area contributed by atoms with E-state index in [9.17, 15) is 14.4 Å². The van der Waals surface area contributed by atoms with Gasteiger partial charge in [0.1, 0.15) is 5.60 Å². The number of carbonyl (C=O) groups is 3. The maximum atomic E-state index is 12.3. The van der Waals surface area contributed by atoms with Crippen LogP contribution in [0.15, 0.2) is 0 Å². The molecule has 160 valence electrons. The van der Waals surface area contributed by atoms with Gasteiger partial charge in [-0.2, -0.15) is 0 Å². The lowest BCUT2D eigenvalue weighted by Crippen LogP contribution is -2.46. The Morgan fingerprint density at radius 1 is 1.04 bits per heavy atom. The Kier molecular flexibility index (Phi) is 7.72. The van der Waals surface area contributed by atoms with Gasteiger partial charge in [-0.15, -0.1) is 0 Å². The molecule has 7 nitrogen and oxygen atoms in total. The van der Waals surface area contributed by atoms with Crippen molar-refractivity contribution in [3.8, 4) is 0 Å². The van der Waals surface area contributed by atoms with Crippen molar-refractivity contribution in [1.29, 1.82) is 0 Å². The highest BCUT2D eigenvalue weighted by Gasteiger charge is 2.32. The van der Waals surface area contributed by atoms with E-state index in [1.165, 1.54) is 6.42 Å². The number of carbonyl (C=O) groups excluding carboxylic acids is 3. The maximum Gasteiger partial charge on any atom is 0.410 e. The minimum atomic E-state index is -0.534. The quantitative estimate of drug-likeness (QED) is 0.738. The lowest BCUT2D eigenvalue weighted by Gasteiger charge is -2.34. The van der Waals surface area contributed by atoms with E-state index in [1.807, 2.05) is 20.8 Å². The molecule has 2 fully saturated rings. The van der Waals surface area contributed by atoms with Crippen LogP contribution >= 0.6 is 0 Å². The number of ether oxygens (including phenoxy) is 2. The standard InChI is InChI=1S/C21H36N2O5/c1-14-7-6-8-17(15(14)2)22-18(24)13-27-19(25)16-9-11-23(12-10-16)20(26)28-21(3,4)5/h14-17H,6-13H2,1-5H3,(H,22,24)/t14-,15-,17+/m1/s1. The van der Waals surface area contributed by atoms with Crippen molar-refractivity contribution in [2.45, 2.75) is 78.4 Å². The average molecular weight is 397 g/mol. The molecule has 1 heterocycles. The molecule has 0 spiro atoms. The van der Waals surface area contributed by atoms with Gasteiger partial charge < -0.3 is 19.7 Å². The molecule has 0 aromatic rings. The molecular formula is C21H36N2O5. The third-order valence-corrected chi connectivity index (χ3v) is 5.88. The minimum absolute atomic E-state index is 0.159. The molecule has 3 atom stereocenters. The first-order valence-electron chi connectivity index (χ1n) is 10.5. The zero-order chi connectivity index (χ0) is 20.9. The molecule has 0 aromatic carbocycles. The summed E-state index contributed by atoms with van der Waals surface area (Å²) in [7, 11) is 0. The second-order valence-electron chi connectivity index (χ2n) is 9.29. The summed E-state index contributed by atoms with van der Waals surface area (Å²) >= 11 is 0. The van der Waals surface area contributed by atoms with Gasteiger partial charge in [0.2, 0.25) is 0 Å². The summed E-state index contributed by atoms with van der Waals surface area (Å²) in [6, 6.07) is 0.159. The van der Waals surface area contributed by atoms with Crippen molar-refractivity contribution in [3.05, 3.63) is 0 Å². The van der Waals surface area contributed by atoms with Crippen LogP contribution in [-0.4, -0.2) is 54.2 Å². The van der Waals surface area contributed by atoms with Crippen molar-refractivity contribution < 1.29 is 23.9 Å². The fourth-order valence-electron chi connectivity index (χ4n) is 3.91. The summed E-state index contributed by atoms with van der Waals surface area (Å²) in [5.41, 5.74) is -0.534. The number of rotatable bonds is 4. The van der Waals surface area contributed by atoms with Crippen LogP contribution in [0, 0.1) is 17.8 Å². The fourth-order valence-corrected chi connectivity index (χ4v) is 3.91. The van der Waals surface area contributed by atoms with Gasteiger partial charge in [0, 0.05) is 19.1 Å². The Hall–Kier alpha value is -1.79. The van der Waals surface area contributed by atoms with Crippen LogP contribution < -0.4 is 5.32 Å². The Morgan fingerprint density at radius 2 is 1.68 bits per heavy atom. The molecule has 1 N–H and O–H groups in total. The number of esters is 1. The predicted octanol–water partition coefficient (Wildman–Crippen LogP) is 3.12.